The molecule has 0 spiro atoms. The van der Waals surface area contributed by atoms with Gasteiger partial charge in [-0.25, -0.2) is 18.1 Å². The van der Waals surface area contributed by atoms with Crippen molar-refractivity contribution in [1.29, 1.82) is 0 Å². The number of aryl methyl sites for hydroxylation is 1. The molecule has 0 amide bonds. The van der Waals surface area contributed by atoms with E-state index in [1.165, 1.54) is 10.9 Å². The van der Waals surface area contributed by atoms with Gasteiger partial charge in [-0.15, -0.1) is 0 Å². The van der Waals surface area contributed by atoms with Gasteiger partial charge in [0, 0.05) is 6.54 Å². The van der Waals surface area contributed by atoms with E-state index in [0.29, 0.717) is 10.9 Å². The number of fused-ring (bicyclic) bond motifs is 1. The van der Waals surface area contributed by atoms with Crippen LogP contribution in [0, 0.1) is 6.92 Å². The third-order valence-corrected chi connectivity index (χ3v) is 4.01. The second-order valence-electron chi connectivity index (χ2n) is 5.57. The molecular weight excluding hydrogens is 334 g/mol. The lowest BCUT2D eigenvalue weighted by atomic mass is 10.1. The van der Waals surface area contributed by atoms with E-state index >= 15 is 0 Å². The third-order valence-electron chi connectivity index (χ3n) is 3.32. The van der Waals surface area contributed by atoms with Crippen LogP contribution in [0.3, 0.4) is 0 Å². The van der Waals surface area contributed by atoms with Gasteiger partial charge in [-0.05, 0) is 25.5 Å². The molecule has 1 aromatic carbocycles. The van der Waals surface area contributed by atoms with Crippen molar-refractivity contribution in [2.24, 2.45) is 0 Å². The Morgan fingerprint density at radius 1 is 1.42 bits per heavy atom. The fraction of sp³-hybridized carbons (Fsp3) is 0.400. The molecule has 0 fully saturated rings. The Hall–Kier alpha value is -2.26. The summed E-state index contributed by atoms with van der Waals surface area (Å²) in [6.07, 6.45) is 1.67. The Kier molecular flexibility index (Phi) is 5.35. The first-order valence-electron chi connectivity index (χ1n) is 7.26. The van der Waals surface area contributed by atoms with E-state index in [-0.39, 0.29) is 18.6 Å². The highest BCUT2D eigenvalue weighted by atomic mass is 32.2. The SMILES string of the molecule is Cc1cccc2c(=O)n(CC(=O)OC(C)CNS(C)(=O)=O)cnc12. The summed E-state index contributed by atoms with van der Waals surface area (Å²) in [4.78, 5) is 28.5. The van der Waals surface area contributed by atoms with Crippen molar-refractivity contribution in [3.8, 4) is 0 Å². The second kappa shape index (κ2) is 7.10. The summed E-state index contributed by atoms with van der Waals surface area (Å²) in [5, 5.41) is 0.428. The van der Waals surface area contributed by atoms with Crippen molar-refractivity contribution in [2.45, 2.75) is 26.5 Å². The topological polar surface area (TPSA) is 107 Å². The maximum atomic E-state index is 12.4. The van der Waals surface area contributed by atoms with E-state index in [1.807, 2.05) is 13.0 Å². The number of aromatic nitrogens is 2. The van der Waals surface area contributed by atoms with Crippen molar-refractivity contribution >= 4 is 26.9 Å². The molecule has 8 nitrogen and oxygen atoms in total. The molecule has 130 valence electrons. The molecule has 1 aromatic heterocycles. The van der Waals surface area contributed by atoms with Gasteiger partial charge in [0.25, 0.3) is 5.56 Å². The molecule has 24 heavy (non-hydrogen) atoms. The fourth-order valence-corrected chi connectivity index (χ4v) is 2.70. The first kappa shape index (κ1) is 18.1. The molecule has 0 saturated heterocycles. The number of hydrogen-bond acceptors (Lipinski definition) is 6. The molecule has 2 aromatic rings. The number of carbonyl (C=O) groups is 1. The quantitative estimate of drug-likeness (QED) is 0.743. The number of nitrogens with one attached hydrogen (secondary N) is 1. The van der Waals surface area contributed by atoms with Crippen LogP contribution >= 0.6 is 0 Å². The predicted molar refractivity (Wildman–Crippen MR) is 89.1 cm³/mol. The molecule has 1 N–H and O–H groups in total. The van der Waals surface area contributed by atoms with Crippen LogP contribution in [0.4, 0.5) is 0 Å². The highest BCUT2D eigenvalue weighted by Gasteiger charge is 2.14. The van der Waals surface area contributed by atoms with E-state index in [0.717, 1.165) is 11.8 Å². The fourth-order valence-electron chi connectivity index (χ4n) is 2.16. The van der Waals surface area contributed by atoms with Gasteiger partial charge >= 0.3 is 5.97 Å². The largest absolute Gasteiger partial charge is 0.460 e. The highest BCUT2D eigenvalue weighted by molar-refractivity contribution is 7.88. The molecule has 0 radical (unpaired) electrons. The van der Waals surface area contributed by atoms with Gasteiger partial charge in [-0.3, -0.25) is 14.2 Å². The van der Waals surface area contributed by atoms with Crippen molar-refractivity contribution < 1.29 is 17.9 Å². The zero-order valence-electron chi connectivity index (χ0n) is 13.6. The molecule has 0 bridgehead atoms. The Balaban J connectivity index is 2.08. The van der Waals surface area contributed by atoms with Crippen LogP contribution in [-0.2, 0) is 26.1 Å². The molecule has 1 atom stereocenters. The van der Waals surface area contributed by atoms with Crippen LogP contribution in [0.5, 0.6) is 0 Å². The van der Waals surface area contributed by atoms with Gasteiger partial charge in [0.15, 0.2) is 0 Å². The lowest BCUT2D eigenvalue weighted by Crippen LogP contribution is -2.34. The van der Waals surface area contributed by atoms with Crippen LogP contribution in [0.25, 0.3) is 10.9 Å². The Labute approximate surface area is 139 Å². The van der Waals surface area contributed by atoms with Crippen molar-refractivity contribution in [1.82, 2.24) is 14.3 Å². The zero-order chi connectivity index (χ0) is 17.9. The van der Waals surface area contributed by atoms with Crippen LogP contribution in [0.15, 0.2) is 29.3 Å². The first-order valence-corrected chi connectivity index (χ1v) is 9.15. The summed E-state index contributed by atoms with van der Waals surface area (Å²) < 4.78 is 30.5. The molecule has 1 heterocycles. The summed E-state index contributed by atoms with van der Waals surface area (Å²) in [6.45, 7) is 3.08. The molecule has 0 aliphatic heterocycles. The molecule has 0 saturated carbocycles. The minimum absolute atomic E-state index is 0.0331. The average Bonchev–Trinajstić information content (AvgIpc) is 2.48. The van der Waals surface area contributed by atoms with Crippen molar-refractivity contribution in [3.05, 3.63) is 40.4 Å². The monoisotopic (exact) mass is 353 g/mol. The number of nitrogens with zero attached hydrogens (tertiary/aromatic N) is 2. The molecule has 2 rings (SSSR count). The molecule has 0 aliphatic carbocycles. The van der Waals surface area contributed by atoms with Gasteiger partial charge in [-0.1, -0.05) is 12.1 Å². The summed E-state index contributed by atoms with van der Waals surface area (Å²) in [5.74, 6) is -0.645. The average molecular weight is 353 g/mol. The lowest BCUT2D eigenvalue weighted by Gasteiger charge is -2.14. The van der Waals surface area contributed by atoms with E-state index in [4.69, 9.17) is 4.74 Å². The molecule has 1 unspecified atom stereocenters. The minimum atomic E-state index is -3.36. The van der Waals surface area contributed by atoms with Crippen molar-refractivity contribution in [3.63, 3.8) is 0 Å². The summed E-state index contributed by atoms with van der Waals surface area (Å²) in [6, 6.07) is 5.25. The van der Waals surface area contributed by atoms with E-state index in [9.17, 15) is 18.0 Å². The first-order chi connectivity index (χ1) is 11.2. The number of sulfonamides is 1. The Morgan fingerprint density at radius 2 is 2.12 bits per heavy atom. The van der Waals surface area contributed by atoms with E-state index in [1.54, 1.807) is 19.1 Å². The smallest absolute Gasteiger partial charge is 0.326 e. The Morgan fingerprint density at radius 3 is 2.79 bits per heavy atom. The third kappa shape index (κ3) is 4.62. The summed E-state index contributed by atoms with van der Waals surface area (Å²) in [5.41, 5.74) is 1.14. The molecule has 0 aliphatic rings. The van der Waals surface area contributed by atoms with Gasteiger partial charge in [0.1, 0.15) is 12.6 Å². The highest BCUT2D eigenvalue weighted by Crippen LogP contribution is 2.11. The standard InChI is InChI=1S/C15H19N3O5S/c1-10-5-4-6-12-14(10)16-9-18(15(12)20)8-13(19)23-11(2)7-17-24(3,21)22/h4-6,9,11,17H,7-8H2,1-3H3. The van der Waals surface area contributed by atoms with E-state index < -0.39 is 22.1 Å². The maximum Gasteiger partial charge on any atom is 0.326 e. The normalized spacial score (nSPS) is 13.0. The predicted octanol–water partition coefficient (Wildman–Crippen LogP) is 0.186. The number of para-hydroxylation sites is 1. The van der Waals surface area contributed by atoms with Crippen LogP contribution in [0.2, 0.25) is 0 Å². The summed E-state index contributed by atoms with van der Waals surface area (Å²) >= 11 is 0. The molecule has 9 heteroatoms. The maximum absolute atomic E-state index is 12.4. The molecular formula is C15H19N3O5S. The Bertz CT molecular complexity index is 920. The zero-order valence-corrected chi connectivity index (χ0v) is 14.5. The number of rotatable bonds is 6. The second-order valence-corrected chi connectivity index (χ2v) is 7.40. The number of benzene rings is 1. The van der Waals surface area contributed by atoms with Crippen LogP contribution in [0.1, 0.15) is 12.5 Å². The number of esters is 1. The minimum Gasteiger partial charge on any atom is -0.460 e. The van der Waals surface area contributed by atoms with Crippen molar-refractivity contribution in [2.75, 3.05) is 12.8 Å². The summed E-state index contributed by atoms with van der Waals surface area (Å²) in [7, 11) is -3.36. The number of ether oxygens (including phenoxy) is 1. The van der Waals surface area contributed by atoms with Crippen LogP contribution in [-0.4, -0.2) is 42.8 Å². The lowest BCUT2D eigenvalue weighted by molar-refractivity contribution is -0.148. The number of hydrogen-bond donors (Lipinski definition) is 1. The van der Waals surface area contributed by atoms with Gasteiger partial charge in [0.2, 0.25) is 10.0 Å². The van der Waals surface area contributed by atoms with Gasteiger partial charge in [-0.2, -0.15) is 0 Å². The number of carbonyl (C=O) groups excluding carboxylic acids is 1. The van der Waals surface area contributed by atoms with Crippen LogP contribution < -0.4 is 10.3 Å². The van der Waals surface area contributed by atoms with E-state index in [2.05, 4.69) is 9.71 Å². The van der Waals surface area contributed by atoms with Gasteiger partial charge < -0.3 is 4.74 Å². The van der Waals surface area contributed by atoms with Gasteiger partial charge in [0.05, 0.1) is 23.5 Å².